The lowest BCUT2D eigenvalue weighted by Gasteiger charge is -2.00. The number of nitrogens with zero attached hydrogens (tertiary/aromatic N) is 1. The fraction of sp³-hybridized carbons (Fsp3) is 0. The van der Waals surface area contributed by atoms with Crippen LogP contribution in [0.25, 0.3) is 11.3 Å². The summed E-state index contributed by atoms with van der Waals surface area (Å²) in [6, 6.07) is 11.0. The molecule has 1 aliphatic heterocycles. The van der Waals surface area contributed by atoms with E-state index in [1.54, 1.807) is 6.07 Å². The molecule has 0 unspecified atom stereocenters. The molecule has 1 amide bonds. The molecule has 2 N–H and O–H groups in total. The standard InChI is InChI=1S/C16H10N2O3/c19-15-11-12(14(18-15)10-6-7-21-8-10)16(20)17-13(11)9-4-2-1-3-5-9/h1-8,18-19H. The molecule has 1 aromatic carbocycles. The van der Waals surface area contributed by atoms with Crippen molar-refractivity contribution in [3.05, 3.63) is 65.6 Å². The first kappa shape index (κ1) is 11.7. The molecule has 0 fully saturated rings. The van der Waals surface area contributed by atoms with Crippen molar-refractivity contribution in [3.63, 3.8) is 0 Å². The highest BCUT2D eigenvalue weighted by Gasteiger charge is 2.33. The molecule has 0 spiro atoms. The van der Waals surface area contributed by atoms with Crippen LogP contribution in [0.4, 0.5) is 0 Å². The number of carbonyl (C=O) groups excluding carboxylic acids is 1. The summed E-state index contributed by atoms with van der Waals surface area (Å²) in [5.74, 6) is -0.425. The molecule has 2 aromatic heterocycles. The molecule has 0 saturated heterocycles. The van der Waals surface area contributed by atoms with E-state index >= 15 is 0 Å². The zero-order chi connectivity index (χ0) is 14.4. The molecule has 1 aliphatic rings. The molecule has 4 rings (SSSR count). The molecule has 3 aromatic rings. The lowest BCUT2D eigenvalue weighted by Crippen LogP contribution is -1.99. The Bertz CT molecular complexity index is 859. The third-order valence-electron chi connectivity index (χ3n) is 3.50. The molecule has 0 aliphatic carbocycles. The Morgan fingerprint density at radius 2 is 1.86 bits per heavy atom. The first-order chi connectivity index (χ1) is 10.3. The predicted octanol–water partition coefficient (Wildman–Crippen LogP) is 2.97. The molecule has 0 atom stereocenters. The highest BCUT2D eigenvalue weighted by molar-refractivity contribution is 6.30. The molecule has 0 saturated carbocycles. The van der Waals surface area contributed by atoms with Gasteiger partial charge in [-0.1, -0.05) is 30.3 Å². The van der Waals surface area contributed by atoms with Crippen molar-refractivity contribution in [3.8, 4) is 17.1 Å². The van der Waals surface area contributed by atoms with Gasteiger partial charge in [0.15, 0.2) is 5.88 Å². The highest BCUT2D eigenvalue weighted by Crippen LogP contribution is 2.37. The molecule has 3 heterocycles. The van der Waals surface area contributed by atoms with Gasteiger partial charge in [-0.25, -0.2) is 4.99 Å². The minimum absolute atomic E-state index is 0.0605. The number of aromatic nitrogens is 1. The van der Waals surface area contributed by atoms with E-state index in [-0.39, 0.29) is 11.8 Å². The van der Waals surface area contributed by atoms with Crippen molar-refractivity contribution in [2.24, 2.45) is 4.99 Å². The number of nitrogens with one attached hydrogen (secondary N) is 1. The van der Waals surface area contributed by atoms with Crippen molar-refractivity contribution in [1.82, 2.24) is 4.98 Å². The van der Waals surface area contributed by atoms with Crippen LogP contribution >= 0.6 is 0 Å². The second-order valence-corrected chi connectivity index (χ2v) is 4.74. The maximum atomic E-state index is 12.2. The van der Waals surface area contributed by atoms with Crippen LogP contribution in [0.3, 0.4) is 0 Å². The number of hydrogen-bond donors (Lipinski definition) is 2. The highest BCUT2D eigenvalue weighted by atomic mass is 16.3. The number of aromatic hydroxyl groups is 1. The van der Waals surface area contributed by atoms with Gasteiger partial charge in [0.25, 0.3) is 5.91 Å². The Morgan fingerprint density at radius 3 is 2.57 bits per heavy atom. The van der Waals surface area contributed by atoms with Crippen molar-refractivity contribution < 1.29 is 14.3 Å². The fourth-order valence-electron chi connectivity index (χ4n) is 2.57. The Kier molecular flexibility index (Phi) is 2.35. The number of carbonyl (C=O) groups is 1. The van der Waals surface area contributed by atoms with Crippen LogP contribution in [-0.2, 0) is 0 Å². The predicted molar refractivity (Wildman–Crippen MR) is 76.6 cm³/mol. The van der Waals surface area contributed by atoms with E-state index in [1.807, 2.05) is 30.3 Å². The van der Waals surface area contributed by atoms with Gasteiger partial charge in [0.2, 0.25) is 0 Å². The summed E-state index contributed by atoms with van der Waals surface area (Å²) in [7, 11) is 0. The second kappa shape index (κ2) is 4.21. The van der Waals surface area contributed by atoms with Crippen LogP contribution in [0.2, 0.25) is 0 Å². The molecular formula is C16H10N2O3. The maximum Gasteiger partial charge on any atom is 0.280 e. The number of amides is 1. The number of furan rings is 1. The van der Waals surface area contributed by atoms with E-state index in [0.29, 0.717) is 28.1 Å². The van der Waals surface area contributed by atoms with Gasteiger partial charge < -0.3 is 14.5 Å². The topological polar surface area (TPSA) is 78.6 Å². The third kappa shape index (κ3) is 1.64. The quantitative estimate of drug-likeness (QED) is 0.756. The lowest BCUT2D eigenvalue weighted by molar-refractivity contribution is 0.101. The summed E-state index contributed by atoms with van der Waals surface area (Å²) in [6.45, 7) is 0. The van der Waals surface area contributed by atoms with E-state index in [0.717, 1.165) is 5.56 Å². The van der Waals surface area contributed by atoms with Crippen molar-refractivity contribution in [1.29, 1.82) is 0 Å². The average molecular weight is 278 g/mol. The zero-order valence-electron chi connectivity index (χ0n) is 10.8. The number of hydrogen-bond acceptors (Lipinski definition) is 3. The van der Waals surface area contributed by atoms with Crippen LogP contribution in [-0.4, -0.2) is 21.7 Å². The number of aliphatic imine (C=N–C) groups is 1. The molecule has 5 nitrogen and oxygen atoms in total. The number of benzene rings is 1. The molecule has 102 valence electrons. The first-order valence-corrected chi connectivity index (χ1v) is 6.42. The lowest BCUT2D eigenvalue weighted by atomic mass is 10.0. The molecule has 0 radical (unpaired) electrons. The third-order valence-corrected chi connectivity index (χ3v) is 3.50. The van der Waals surface area contributed by atoms with Gasteiger partial charge in [0, 0.05) is 11.1 Å². The maximum absolute atomic E-state index is 12.2. The van der Waals surface area contributed by atoms with Crippen LogP contribution in [0.15, 0.2) is 58.3 Å². The summed E-state index contributed by atoms with van der Waals surface area (Å²) in [6.07, 6.45) is 3.03. The normalized spacial score (nSPS) is 13.3. The van der Waals surface area contributed by atoms with Crippen molar-refractivity contribution in [2.75, 3.05) is 0 Å². The van der Waals surface area contributed by atoms with Gasteiger partial charge in [-0.2, -0.15) is 0 Å². The smallest absolute Gasteiger partial charge is 0.280 e. The van der Waals surface area contributed by atoms with Crippen LogP contribution in [0.1, 0.15) is 21.5 Å². The fourth-order valence-corrected chi connectivity index (χ4v) is 2.57. The van der Waals surface area contributed by atoms with E-state index in [2.05, 4.69) is 9.98 Å². The van der Waals surface area contributed by atoms with Crippen molar-refractivity contribution in [2.45, 2.75) is 0 Å². The van der Waals surface area contributed by atoms with Gasteiger partial charge >= 0.3 is 0 Å². The summed E-state index contributed by atoms with van der Waals surface area (Å²) in [5.41, 5.74) is 3.33. The summed E-state index contributed by atoms with van der Waals surface area (Å²) < 4.78 is 5.03. The summed E-state index contributed by atoms with van der Waals surface area (Å²) in [5, 5.41) is 10.2. The minimum atomic E-state index is -0.364. The Balaban J connectivity index is 1.94. The summed E-state index contributed by atoms with van der Waals surface area (Å²) >= 11 is 0. The molecule has 21 heavy (non-hydrogen) atoms. The Morgan fingerprint density at radius 1 is 1.05 bits per heavy atom. The first-order valence-electron chi connectivity index (χ1n) is 6.42. The van der Waals surface area contributed by atoms with Crippen LogP contribution < -0.4 is 0 Å². The number of H-pyrrole nitrogens is 1. The largest absolute Gasteiger partial charge is 0.494 e. The monoisotopic (exact) mass is 278 g/mol. The van der Waals surface area contributed by atoms with Crippen molar-refractivity contribution >= 4 is 11.6 Å². The van der Waals surface area contributed by atoms with E-state index in [1.165, 1.54) is 12.5 Å². The molecule has 5 heteroatoms. The number of rotatable bonds is 2. The number of fused-ring (bicyclic) bond motifs is 1. The van der Waals surface area contributed by atoms with Crippen LogP contribution in [0.5, 0.6) is 5.88 Å². The van der Waals surface area contributed by atoms with Gasteiger partial charge in [-0.05, 0) is 6.07 Å². The van der Waals surface area contributed by atoms with Gasteiger partial charge in [-0.15, -0.1) is 0 Å². The van der Waals surface area contributed by atoms with Gasteiger partial charge in [-0.3, -0.25) is 4.79 Å². The van der Waals surface area contributed by atoms with Gasteiger partial charge in [0.05, 0.1) is 35.1 Å². The zero-order valence-corrected chi connectivity index (χ0v) is 10.8. The van der Waals surface area contributed by atoms with E-state index in [4.69, 9.17) is 4.42 Å². The molecular weight excluding hydrogens is 268 g/mol. The Hall–Kier alpha value is -3.08. The molecule has 0 bridgehead atoms. The van der Waals surface area contributed by atoms with E-state index < -0.39 is 0 Å². The number of aromatic amines is 1. The Labute approximate surface area is 119 Å². The minimum Gasteiger partial charge on any atom is -0.494 e. The van der Waals surface area contributed by atoms with E-state index in [9.17, 15) is 9.90 Å². The SMILES string of the molecule is O=C1N=C(c2ccccc2)c2c(O)[nH]c(-c3ccoc3)c21. The average Bonchev–Trinajstić information content (AvgIpc) is 3.19. The summed E-state index contributed by atoms with van der Waals surface area (Å²) in [4.78, 5) is 19.2. The van der Waals surface area contributed by atoms with Gasteiger partial charge in [0.1, 0.15) is 0 Å². The second-order valence-electron chi connectivity index (χ2n) is 4.74. The van der Waals surface area contributed by atoms with Crippen LogP contribution in [0, 0.1) is 0 Å².